The van der Waals surface area contributed by atoms with Crippen LogP contribution in [-0.2, 0) is 5.66 Å². The number of thioether (sulfide) groups is 1. The fraction of sp³-hybridized carbons (Fsp3) is 0.182. The Balaban J connectivity index is 2.09. The van der Waals surface area contributed by atoms with Crippen LogP contribution in [0.5, 0.6) is 0 Å². The van der Waals surface area contributed by atoms with Gasteiger partial charge in [-0.05, 0) is 12.1 Å². The van der Waals surface area contributed by atoms with Crippen LogP contribution in [0.3, 0.4) is 0 Å². The van der Waals surface area contributed by atoms with Gasteiger partial charge in [0.2, 0.25) is 0 Å². The summed E-state index contributed by atoms with van der Waals surface area (Å²) in [6, 6.07) is 5.86. The topological polar surface area (TPSA) is 89.1 Å². The van der Waals surface area contributed by atoms with Crippen molar-refractivity contribution in [3.8, 4) is 0 Å². The van der Waals surface area contributed by atoms with E-state index in [1.807, 2.05) is 0 Å². The van der Waals surface area contributed by atoms with Crippen molar-refractivity contribution in [2.75, 3.05) is 0 Å². The lowest BCUT2D eigenvalue weighted by Crippen LogP contribution is -2.47. The molecular weight excluding hydrogens is 253 g/mol. The molecule has 4 N–H and O–H groups in total. The van der Waals surface area contributed by atoms with Crippen molar-refractivity contribution in [1.29, 1.82) is 0 Å². The van der Waals surface area contributed by atoms with Crippen LogP contribution >= 0.6 is 11.8 Å². The molecule has 0 saturated heterocycles. The molecule has 0 saturated carbocycles. The highest BCUT2D eigenvalue weighted by molar-refractivity contribution is 8.16. The van der Waals surface area contributed by atoms with E-state index in [1.54, 1.807) is 12.1 Å². The van der Waals surface area contributed by atoms with E-state index >= 15 is 0 Å². The van der Waals surface area contributed by atoms with E-state index in [-0.39, 0.29) is 5.82 Å². The normalized spacial score (nSPS) is 29.8. The highest BCUT2D eigenvalue weighted by atomic mass is 32.2. The molecule has 2 aliphatic rings. The molecule has 92 valence electrons. The Hall–Kier alpha value is -1.57. The summed E-state index contributed by atoms with van der Waals surface area (Å²) in [7, 11) is 0. The van der Waals surface area contributed by atoms with Gasteiger partial charge in [0.1, 0.15) is 22.9 Å². The largest absolute Gasteiger partial charge is 0.301 e. The molecule has 0 amide bonds. The molecule has 7 heteroatoms. The van der Waals surface area contributed by atoms with Gasteiger partial charge in [-0.15, -0.1) is 0 Å². The molecule has 0 radical (unpaired) electrons. The van der Waals surface area contributed by atoms with E-state index in [1.165, 1.54) is 30.2 Å². The summed E-state index contributed by atoms with van der Waals surface area (Å²) in [5.41, 5.74) is 11.7. The maximum Gasteiger partial charge on any atom is 0.180 e. The third-order valence-electron chi connectivity index (χ3n) is 2.77. The molecule has 2 unspecified atom stereocenters. The van der Waals surface area contributed by atoms with E-state index in [9.17, 15) is 4.39 Å². The molecule has 1 aromatic carbocycles. The Labute approximate surface area is 107 Å². The van der Waals surface area contributed by atoms with Gasteiger partial charge in [-0.2, -0.15) is 0 Å². The number of nitrogens with two attached hydrogens (primary N) is 2. The van der Waals surface area contributed by atoms with Crippen molar-refractivity contribution >= 4 is 28.9 Å². The van der Waals surface area contributed by atoms with Gasteiger partial charge in [-0.25, -0.2) is 14.4 Å². The fourth-order valence-electron chi connectivity index (χ4n) is 1.88. The predicted molar refractivity (Wildman–Crippen MR) is 71.2 cm³/mol. The molecule has 0 bridgehead atoms. The summed E-state index contributed by atoms with van der Waals surface area (Å²) in [6.07, 6.45) is 1.39. The number of aliphatic imine (C=N–C) groups is 3. The number of benzene rings is 1. The first-order valence-electron chi connectivity index (χ1n) is 5.27. The molecule has 3 rings (SSSR count). The summed E-state index contributed by atoms with van der Waals surface area (Å²) >= 11 is 1.33. The average Bonchev–Trinajstić information content (AvgIpc) is 2.72. The minimum absolute atomic E-state index is 0.324. The van der Waals surface area contributed by atoms with Crippen molar-refractivity contribution in [2.45, 2.75) is 11.2 Å². The van der Waals surface area contributed by atoms with Crippen LogP contribution < -0.4 is 11.5 Å². The number of halogens is 1. The van der Waals surface area contributed by atoms with Gasteiger partial charge < -0.3 is 5.73 Å². The Kier molecular flexibility index (Phi) is 2.54. The van der Waals surface area contributed by atoms with Crippen LogP contribution in [0.2, 0.25) is 0 Å². The van der Waals surface area contributed by atoms with E-state index in [0.717, 1.165) is 0 Å². The molecular formula is C11H10FN5S. The van der Waals surface area contributed by atoms with Gasteiger partial charge in [0, 0.05) is 5.56 Å². The van der Waals surface area contributed by atoms with Crippen LogP contribution in [0.1, 0.15) is 5.56 Å². The minimum atomic E-state index is -1.13. The Morgan fingerprint density at radius 1 is 1.28 bits per heavy atom. The number of hydrogen-bond acceptors (Lipinski definition) is 6. The SMILES string of the molecule is NC1N=C2C(=NC=NC2(N)c2ccc(F)cc2)S1. The first-order chi connectivity index (χ1) is 8.59. The van der Waals surface area contributed by atoms with Gasteiger partial charge in [0.15, 0.2) is 11.2 Å². The third-order valence-corrected chi connectivity index (χ3v) is 3.64. The van der Waals surface area contributed by atoms with Gasteiger partial charge >= 0.3 is 0 Å². The van der Waals surface area contributed by atoms with Gasteiger partial charge in [-0.3, -0.25) is 10.7 Å². The van der Waals surface area contributed by atoms with Crippen molar-refractivity contribution in [3.05, 3.63) is 35.6 Å². The summed E-state index contributed by atoms with van der Waals surface area (Å²) in [4.78, 5) is 12.5. The highest BCUT2D eigenvalue weighted by Gasteiger charge is 2.41. The van der Waals surface area contributed by atoms with E-state index in [2.05, 4.69) is 15.0 Å². The zero-order valence-electron chi connectivity index (χ0n) is 9.25. The van der Waals surface area contributed by atoms with E-state index in [0.29, 0.717) is 16.3 Å². The maximum absolute atomic E-state index is 13.0. The quantitative estimate of drug-likeness (QED) is 0.785. The first kappa shape index (κ1) is 11.5. The molecule has 1 aromatic rings. The lowest BCUT2D eigenvalue weighted by molar-refractivity contribution is 0.615. The molecule has 18 heavy (non-hydrogen) atoms. The van der Waals surface area contributed by atoms with Gasteiger partial charge in [-0.1, -0.05) is 23.9 Å². The van der Waals surface area contributed by atoms with Crippen molar-refractivity contribution in [2.24, 2.45) is 26.4 Å². The average molecular weight is 263 g/mol. The molecule has 5 nitrogen and oxygen atoms in total. The number of fused-ring (bicyclic) bond motifs is 1. The zero-order valence-corrected chi connectivity index (χ0v) is 10.1. The van der Waals surface area contributed by atoms with E-state index in [4.69, 9.17) is 11.5 Å². The van der Waals surface area contributed by atoms with Crippen LogP contribution in [0.4, 0.5) is 4.39 Å². The van der Waals surface area contributed by atoms with Gasteiger partial charge in [0.05, 0.1) is 0 Å². The van der Waals surface area contributed by atoms with Crippen LogP contribution in [0.15, 0.2) is 39.2 Å². The molecule has 2 heterocycles. The second-order valence-corrected chi connectivity index (χ2v) is 5.04. The lowest BCUT2D eigenvalue weighted by atomic mass is 9.95. The third kappa shape index (κ3) is 1.67. The molecule has 0 spiro atoms. The van der Waals surface area contributed by atoms with Crippen molar-refractivity contribution in [1.82, 2.24) is 0 Å². The Morgan fingerprint density at radius 3 is 2.72 bits per heavy atom. The standard InChI is InChI=1S/C11H10FN5S/c12-7-3-1-6(2-4-7)11(14)8-9(15-5-16-11)18-10(13)17-8/h1-5,10H,13-14H2. The molecule has 2 aliphatic heterocycles. The Morgan fingerprint density at radius 2 is 2.00 bits per heavy atom. The van der Waals surface area contributed by atoms with Crippen LogP contribution in [0.25, 0.3) is 0 Å². The predicted octanol–water partition coefficient (Wildman–Crippen LogP) is 0.808. The molecule has 0 aliphatic carbocycles. The number of hydrogen-bond donors (Lipinski definition) is 2. The summed E-state index contributed by atoms with van der Waals surface area (Å²) in [5, 5.41) is 0.671. The van der Waals surface area contributed by atoms with Gasteiger partial charge in [0.25, 0.3) is 0 Å². The van der Waals surface area contributed by atoms with Crippen molar-refractivity contribution < 1.29 is 4.39 Å². The van der Waals surface area contributed by atoms with Crippen molar-refractivity contribution in [3.63, 3.8) is 0 Å². The molecule has 0 aromatic heterocycles. The van der Waals surface area contributed by atoms with Crippen LogP contribution in [-0.4, -0.2) is 22.6 Å². The summed E-state index contributed by atoms with van der Waals surface area (Å²) in [5.74, 6) is -0.324. The van der Waals surface area contributed by atoms with E-state index < -0.39 is 11.2 Å². The monoisotopic (exact) mass is 263 g/mol. The summed E-state index contributed by atoms with van der Waals surface area (Å²) < 4.78 is 13.0. The second-order valence-electron chi connectivity index (χ2n) is 3.94. The molecule has 0 fully saturated rings. The lowest BCUT2D eigenvalue weighted by Gasteiger charge is -2.27. The summed E-state index contributed by atoms with van der Waals surface area (Å²) in [6.45, 7) is 0. The maximum atomic E-state index is 13.0. The number of nitrogens with zero attached hydrogens (tertiary/aromatic N) is 3. The second kappa shape index (κ2) is 3.98. The fourth-order valence-corrected chi connectivity index (χ4v) is 2.70. The smallest absolute Gasteiger partial charge is 0.180 e. The first-order valence-corrected chi connectivity index (χ1v) is 6.15. The van der Waals surface area contributed by atoms with Crippen LogP contribution in [0, 0.1) is 5.82 Å². The minimum Gasteiger partial charge on any atom is -0.301 e. The number of rotatable bonds is 1. The molecule has 2 atom stereocenters. The zero-order chi connectivity index (χ0) is 12.8. The highest BCUT2D eigenvalue weighted by Crippen LogP contribution is 2.33. The Bertz CT molecular complexity index is 580.